The maximum Gasteiger partial charge on any atom is 0.319 e. The molecule has 0 saturated heterocycles. The van der Waals surface area contributed by atoms with E-state index in [2.05, 4.69) is 20.6 Å². The molecule has 1 heterocycles. The van der Waals surface area contributed by atoms with Crippen LogP contribution in [0.3, 0.4) is 0 Å². The maximum absolute atomic E-state index is 12.7. The molecule has 2 N–H and O–H groups in total. The van der Waals surface area contributed by atoms with Gasteiger partial charge in [-0.05, 0) is 30.4 Å². The van der Waals surface area contributed by atoms with Gasteiger partial charge in [-0.1, -0.05) is 56.4 Å². The van der Waals surface area contributed by atoms with E-state index in [1.54, 1.807) is 12.3 Å². The molecule has 166 valence electrons. The van der Waals surface area contributed by atoms with Gasteiger partial charge in [0.15, 0.2) is 0 Å². The third-order valence-electron chi connectivity index (χ3n) is 6.55. The van der Waals surface area contributed by atoms with Gasteiger partial charge in [0.2, 0.25) is 5.88 Å². The second kappa shape index (κ2) is 9.02. The number of carbonyl (C=O) groups excluding carboxylic acids is 1. The zero-order valence-corrected chi connectivity index (χ0v) is 18.2. The molecule has 0 aliphatic heterocycles. The summed E-state index contributed by atoms with van der Waals surface area (Å²) >= 11 is 0. The molecule has 2 unspecified atom stereocenters. The van der Waals surface area contributed by atoms with E-state index in [4.69, 9.17) is 9.47 Å². The fourth-order valence-corrected chi connectivity index (χ4v) is 4.85. The first-order valence-corrected chi connectivity index (χ1v) is 11.4. The van der Waals surface area contributed by atoms with Crippen LogP contribution in [0.25, 0.3) is 10.8 Å². The highest BCUT2D eigenvalue weighted by Crippen LogP contribution is 2.44. The van der Waals surface area contributed by atoms with Crippen molar-refractivity contribution in [3.05, 3.63) is 48.7 Å². The van der Waals surface area contributed by atoms with Crippen molar-refractivity contribution in [3.8, 4) is 17.6 Å². The van der Waals surface area contributed by atoms with Crippen LogP contribution in [-0.2, 0) is 0 Å². The molecule has 2 fully saturated rings. The summed E-state index contributed by atoms with van der Waals surface area (Å²) in [4.78, 5) is 20.9. The predicted molar refractivity (Wildman–Crippen MR) is 123 cm³/mol. The van der Waals surface area contributed by atoms with Gasteiger partial charge in [-0.2, -0.15) is 4.98 Å². The number of nitrogens with one attached hydrogen (secondary N) is 2. The van der Waals surface area contributed by atoms with E-state index in [0.717, 1.165) is 28.8 Å². The van der Waals surface area contributed by atoms with Crippen LogP contribution < -0.4 is 20.1 Å². The van der Waals surface area contributed by atoms with Gasteiger partial charge in [-0.3, -0.25) is 0 Å². The number of carbonyl (C=O) groups is 1. The average Bonchev–Trinajstić information content (AvgIpc) is 3.60. The van der Waals surface area contributed by atoms with E-state index >= 15 is 0 Å². The first-order chi connectivity index (χ1) is 15.7. The molecular formula is C25H28N4O3. The number of hydrogen-bond donors (Lipinski definition) is 2. The molecule has 2 atom stereocenters. The summed E-state index contributed by atoms with van der Waals surface area (Å²) in [6.45, 7) is 0. The van der Waals surface area contributed by atoms with Crippen molar-refractivity contribution in [2.24, 2.45) is 11.8 Å². The number of nitrogens with zero attached hydrogens (tertiary/aromatic N) is 2. The Morgan fingerprint density at radius 2 is 1.84 bits per heavy atom. The molecule has 7 nitrogen and oxygen atoms in total. The summed E-state index contributed by atoms with van der Waals surface area (Å²) in [5.41, 5.74) is 0.751. The second-order valence-corrected chi connectivity index (χ2v) is 8.64. The third-order valence-corrected chi connectivity index (χ3v) is 6.55. The van der Waals surface area contributed by atoms with Crippen molar-refractivity contribution in [2.45, 2.75) is 44.6 Å². The summed E-state index contributed by atoms with van der Waals surface area (Å²) in [7, 11) is 1.51. The molecule has 1 aromatic heterocycles. The summed E-state index contributed by atoms with van der Waals surface area (Å²) in [5.74, 6) is 2.47. The maximum atomic E-state index is 12.7. The van der Waals surface area contributed by atoms with E-state index in [-0.39, 0.29) is 12.0 Å². The SMILES string of the molecule is COc1nccc(Oc2ccc(NC(=O)NC3CC3C3CCCCC3)c3ccccc23)n1. The highest BCUT2D eigenvalue weighted by atomic mass is 16.5. The van der Waals surface area contributed by atoms with Gasteiger partial charge in [-0.25, -0.2) is 9.78 Å². The summed E-state index contributed by atoms with van der Waals surface area (Å²) in [5, 5.41) is 7.99. The summed E-state index contributed by atoms with van der Waals surface area (Å²) in [6.07, 6.45) is 9.35. The van der Waals surface area contributed by atoms with Crippen LogP contribution >= 0.6 is 0 Å². The summed E-state index contributed by atoms with van der Waals surface area (Å²) in [6, 6.07) is 13.6. The molecule has 5 rings (SSSR count). The van der Waals surface area contributed by atoms with Crippen molar-refractivity contribution < 1.29 is 14.3 Å². The smallest absolute Gasteiger partial charge is 0.319 e. The number of aromatic nitrogens is 2. The quantitative estimate of drug-likeness (QED) is 0.536. The fourth-order valence-electron chi connectivity index (χ4n) is 4.85. The number of rotatable bonds is 6. The highest BCUT2D eigenvalue weighted by Gasteiger charge is 2.43. The Hall–Kier alpha value is -3.35. The second-order valence-electron chi connectivity index (χ2n) is 8.64. The summed E-state index contributed by atoms with van der Waals surface area (Å²) < 4.78 is 11.1. The van der Waals surface area contributed by atoms with Crippen LogP contribution in [0, 0.1) is 11.8 Å². The Bertz CT molecular complexity index is 1110. The Balaban J connectivity index is 1.28. The van der Waals surface area contributed by atoms with Crippen molar-refractivity contribution in [1.29, 1.82) is 0 Å². The van der Waals surface area contributed by atoms with E-state index in [9.17, 15) is 4.79 Å². The number of urea groups is 1. The average molecular weight is 433 g/mol. The van der Waals surface area contributed by atoms with E-state index in [1.807, 2.05) is 36.4 Å². The standard InChI is InChI=1S/C25H28N4O3/c1-31-25-26-14-13-23(29-25)32-22-12-11-20(17-9-5-6-10-18(17)22)27-24(30)28-21-15-19(21)16-7-3-2-4-8-16/h5-6,9-14,16,19,21H,2-4,7-8,15H2,1H3,(H2,27,28,30). The molecule has 7 heteroatoms. The fraction of sp³-hybridized carbons (Fsp3) is 0.400. The Labute approximate surface area is 187 Å². The van der Waals surface area contributed by atoms with Crippen LogP contribution in [0.15, 0.2) is 48.7 Å². The topological polar surface area (TPSA) is 85.4 Å². The number of ether oxygens (including phenoxy) is 2. The number of fused-ring (bicyclic) bond motifs is 1. The van der Waals surface area contributed by atoms with Gasteiger partial charge in [-0.15, -0.1) is 0 Å². The van der Waals surface area contributed by atoms with Gasteiger partial charge in [0.25, 0.3) is 0 Å². The van der Waals surface area contributed by atoms with Gasteiger partial charge in [0, 0.05) is 29.1 Å². The molecule has 3 aromatic rings. The highest BCUT2D eigenvalue weighted by molar-refractivity contribution is 6.04. The first-order valence-electron chi connectivity index (χ1n) is 11.4. The largest absolute Gasteiger partial charge is 0.467 e. The molecule has 0 bridgehead atoms. The third kappa shape index (κ3) is 4.47. The van der Waals surface area contributed by atoms with Gasteiger partial charge in [0.1, 0.15) is 5.75 Å². The van der Waals surface area contributed by atoms with Crippen molar-refractivity contribution in [2.75, 3.05) is 12.4 Å². The molecule has 2 aliphatic rings. The molecule has 32 heavy (non-hydrogen) atoms. The van der Waals surface area contributed by atoms with Crippen molar-refractivity contribution in [1.82, 2.24) is 15.3 Å². The zero-order valence-electron chi connectivity index (χ0n) is 18.2. The number of methoxy groups -OCH3 is 1. The normalized spacial score (nSPS) is 20.5. The number of amides is 2. The first kappa shape index (κ1) is 20.5. The lowest BCUT2D eigenvalue weighted by Gasteiger charge is -2.21. The van der Waals surface area contributed by atoms with E-state index < -0.39 is 0 Å². The minimum Gasteiger partial charge on any atom is -0.467 e. The Morgan fingerprint density at radius 1 is 1.03 bits per heavy atom. The zero-order chi connectivity index (χ0) is 21.9. The minimum atomic E-state index is -0.146. The molecule has 0 spiro atoms. The number of anilines is 1. The number of benzene rings is 2. The lowest BCUT2D eigenvalue weighted by Crippen LogP contribution is -2.32. The van der Waals surface area contributed by atoms with E-state index in [0.29, 0.717) is 23.6 Å². The Kier molecular flexibility index (Phi) is 5.79. The Morgan fingerprint density at radius 3 is 2.66 bits per heavy atom. The molecule has 2 aliphatic carbocycles. The van der Waals surface area contributed by atoms with Gasteiger partial charge in [0.05, 0.1) is 12.8 Å². The van der Waals surface area contributed by atoms with Crippen molar-refractivity contribution in [3.63, 3.8) is 0 Å². The molecule has 2 aromatic carbocycles. The minimum absolute atomic E-state index is 0.146. The lowest BCUT2D eigenvalue weighted by atomic mass is 9.85. The molecular weight excluding hydrogens is 404 g/mol. The number of hydrogen-bond acceptors (Lipinski definition) is 5. The molecule has 2 saturated carbocycles. The van der Waals surface area contributed by atoms with E-state index in [1.165, 1.54) is 39.2 Å². The van der Waals surface area contributed by atoms with Crippen LogP contribution in [0.1, 0.15) is 38.5 Å². The van der Waals surface area contributed by atoms with Crippen LogP contribution in [0.2, 0.25) is 0 Å². The predicted octanol–water partition coefficient (Wildman–Crippen LogP) is 5.52. The monoisotopic (exact) mass is 432 g/mol. The molecule has 2 amide bonds. The molecule has 0 radical (unpaired) electrons. The van der Waals surface area contributed by atoms with Gasteiger partial charge >= 0.3 is 12.0 Å². The van der Waals surface area contributed by atoms with Gasteiger partial charge < -0.3 is 20.1 Å². The van der Waals surface area contributed by atoms with Crippen LogP contribution in [0.4, 0.5) is 10.5 Å². The van der Waals surface area contributed by atoms with Crippen molar-refractivity contribution >= 4 is 22.5 Å². The van der Waals surface area contributed by atoms with Crippen LogP contribution in [-0.4, -0.2) is 29.2 Å². The lowest BCUT2D eigenvalue weighted by molar-refractivity contribution is 0.249. The van der Waals surface area contributed by atoms with Crippen LogP contribution in [0.5, 0.6) is 17.6 Å².